The number of nitrogens with one attached hydrogen (secondary N) is 1. The van der Waals surface area contributed by atoms with Crippen LogP contribution in [0.5, 0.6) is 0 Å². The number of nitriles is 1. The van der Waals surface area contributed by atoms with Crippen LogP contribution in [0, 0.1) is 23.7 Å². The van der Waals surface area contributed by atoms with E-state index >= 15 is 0 Å². The SMILES string of the molecule is Cc1ccnc(NC2CC2(C)C)c1C#N. The van der Waals surface area contributed by atoms with Gasteiger partial charge in [-0.2, -0.15) is 5.26 Å². The average Bonchev–Trinajstić information content (AvgIpc) is 2.74. The molecular weight excluding hydrogens is 186 g/mol. The number of pyridine rings is 1. The summed E-state index contributed by atoms with van der Waals surface area (Å²) in [6.45, 7) is 6.36. The van der Waals surface area contributed by atoms with Crippen molar-refractivity contribution in [3.05, 3.63) is 23.4 Å². The van der Waals surface area contributed by atoms with Crippen molar-refractivity contribution in [2.75, 3.05) is 5.32 Å². The zero-order valence-electron chi connectivity index (χ0n) is 9.33. The number of aryl methyl sites for hydroxylation is 1. The minimum absolute atomic E-state index is 0.345. The quantitative estimate of drug-likeness (QED) is 0.799. The van der Waals surface area contributed by atoms with Crippen LogP contribution >= 0.6 is 0 Å². The Balaban J connectivity index is 2.23. The Morgan fingerprint density at radius 2 is 2.27 bits per heavy atom. The highest BCUT2D eigenvalue weighted by Crippen LogP contribution is 2.46. The summed E-state index contributed by atoms with van der Waals surface area (Å²) in [4.78, 5) is 4.22. The Bertz CT molecular complexity index is 429. The smallest absolute Gasteiger partial charge is 0.144 e. The zero-order chi connectivity index (χ0) is 11.1. The zero-order valence-corrected chi connectivity index (χ0v) is 9.33. The van der Waals surface area contributed by atoms with Gasteiger partial charge in [-0.3, -0.25) is 0 Å². The molecule has 0 spiro atoms. The number of aromatic nitrogens is 1. The van der Waals surface area contributed by atoms with Gasteiger partial charge in [0.25, 0.3) is 0 Å². The van der Waals surface area contributed by atoms with Gasteiger partial charge in [-0.1, -0.05) is 13.8 Å². The van der Waals surface area contributed by atoms with E-state index in [9.17, 15) is 0 Å². The van der Waals surface area contributed by atoms with E-state index < -0.39 is 0 Å². The summed E-state index contributed by atoms with van der Waals surface area (Å²) >= 11 is 0. The molecule has 1 aliphatic rings. The van der Waals surface area contributed by atoms with Crippen molar-refractivity contribution >= 4 is 5.82 Å². The van der Waals surface area contributed by atoms with Gasteiger partial charge in [0.1, 0.15) is 11.9 Å². The second-order valence-corrected chi connectivity index (χ2v) is 4.85. The Morgan fingerprint density at radius 3 is 2.80 bits per heavy atom. The van der Waals surface area contributed by atoms with Crippen molar-refractivity contribution in [2.24, 2.45) is 5.41 Å². The van der Waals surface area contributed by atoms with Crippen LogP contribution in [0.1, 0.15) is 31.4 Å². The number of nitrogens with zero attached hydrogens (tertiary/aromatic N) is 2. The summed E-state index contributed by atoms with van der Waals surface area (Å²) in [6.07, 6.45) is 2.89. The largest absolute Gasteiger partial charge is 0.366 e. The predicted octanol–water partition coefficient (Wildman–Crippen LogP) is 2.47. The molecule has 1 fully saturated rings. The Morgan fingerprint density at radius 1 is 1.60 bits per heavy atom. The number of anilines is 1. The van der Waals surface area contributed by atoms with Gasteiger partial charge in [0.15, 0.2) is 0 Å². The molecule has 0 aromatic carbocycles. The van der Waals surface area contributed by atoms with Gasteiger partial charge in [0.05, 0.1) is 5.56 Å². The lowest BCUT2D eigenvalue weighted by molar-refractivity contribution is 0.630. The van der Waals surface area contributed by atoms with E-state index in [-0.39, 0.29) is 0 Å². The fraction of sp³-hybridized carbons (Fsp3) is 0.500. The topological polar surface area (TPSA) is 48.7 Å². The number of hydrogen-bond acceptors (Lipinski definition) is 3. The van der Waals surface area contributed by atoms with E-state index in [4.69, 9.17) is 5.26 Å². The van der Waals surface area contributed by atoms with Gasteiger partial charge in [0, 0.05) is 12.2 Å². The van der Waals surface area contributed by atoms with Crippen LogP contribution < -0.4 is 5.32 Å². The molecule has 15 heavy (non-hydrogen) atoms. The fourth-order valence-corrected chi connectivity index (χ4v) is 1.69. The summed E-state index contributed by atoms with van der Waals surface area (Å²) in [6, 6.07) is 4.52. The molecular formula is C12H15N3. The second kappa shape index (κ2) is 3.23. The first-order valence-corrected chi connectivity index (χ1v) is 5.17. The maximum atomic E-state index is 9.03. The van der Waals surface area contributed by atoms with Crippen LogP contribution in [-0.4, -0.2) is 11.0 Å². The number of hydrogen-bond donors (Lipinski definition) is 1. The molecule has 0 amide bonds. The Kier molecular flexibility index (Phi) is 2.15. The van der Waals surface area contributed by atoms with Crippen molar-refractivity contribution in [1.82, 2.24) is 4.98 Å². The third-order valence-electron chi connectivity index (χ3n) is 3.10. The van der Waals surface area contributed by atoms with E-state index in [2.05, 4.69) is 30.2 Å². The molecule has 1 aromatic rings. The molecule has 1 N–H and O–H groups in total. The molecule has 1 unspecified atom stereocenters. The first-order chi connectivity index (χ1) is 7.04. The molecule has 3 nitrogen and oxygen atoms in total. The van der Waals surface area contributed by atoms with E-state index in [1.54, 1.807) is 6.20 Å². The van der Waals surface area contributed by atoms with Crippen molar-refractivity contribution < 1.29 is 0 Å². The molecule has 0 saturated heterocycles. The van der Waals surface area contributed by atoms with Crippen LogP contribution in [0.4, 0.5) is 5.82 Å². The fourth-order valence-electron chi connectivity index (χ4n) is 1.69. The monoisotopic (exact) mass is 201 g/mol. The van der Waals surface area contributed by atoms with Crippen molar-refractivity contribution in [3.63, 3.8) is 0 Å². The minimum Gasteiger partial charge on any atom is -0.366 e. The molecule has 1 aromatic heterocycles. The molecule has 0 aliphatic heterocycles. The van der Waals surface area contributed by atoms with E-state index in [0.29, 0.717) is 17.0 Å². The molecule has 0 radical (unpaired) electrons. The van der Waals surface area contributed by atoms with Crippen molar-refractivity contribution in [2.45, 2.75) is 33.2 Å². The van der Waals surface area contributed by atoms with E-state index in [0.717, 1.165) is 17.8 Å². The highest BCUT2D eigenvalue weighted by atomic mass is 15.1. The predicted molar refractivity (Wildman–Crippen MR) is 59.5 cm³/mol. The van der Waals surface area contributed by atoms with E-state index in [1.807, 2.05) is 13.0 Å². The summed E-state index contributed by atoms with van der Waals surface area (Å²) in [5.41, 5.74) is 1.99. The molecule has 2 rings (SSSR count). The van der Waals surface area contributed by atoms with Crippen LogP contribution in [0.3, 0.4) is 0 Å². The van der Waals surface area contributed by atoms with Crippen LogP contribution in [0.15, 0.2) is 12.3 Å². The van der Waals surface area contributed by atoms with Crippen LogP contribution in [0.2, 0.25) is 0 Å². The molecule has 1 atom stereocenters. The van der Waals surface area contributed by atoms with Gasteiger partial charge in [0.2, 0.25) is 0 Å². The Hall–Kier alpha value is -1.56. The van der Waals surface area contributed by atoms with Gasteiger partial charge in [-0.15, -0.1) is 0 Å². The average molecular weight is 201 g/mol. The first kappa shape index (κ1) is 9.97. The molecule has 3 heteroatoms. The maximum absolute atomic E-state index is 9.03. The van der Waals surface area contributed by atoms with Gasteiger partial charge >= 0.3 is 0 Å². The molecule has 78 valence electrons. The lowest BCUT2D eigenvalue weighted by Gasteiger charge is -2.09. The Labute approximate surface area is 90.1 Å². The van der Waals surface area contributed by atoms with Crippen LogP contribution in [-0.2, 0) is 0 Å². The second-order valence-electron chi connectivity index (χ2n) is 4.85. The normalized spacial score (nSPS) is 21.9. The highest BCUT2D eigenvalue weighted by Gasteiger charge is 2.46. The van der Waals surface area contributed by atoms with Crippen LogP contribution in [0.25, 0.3) is 0 Å². The molecule has 1 saturated carbocycles. The van der Waals surface area contributed by atoms with Crippen molar-refractivity contribution in [1.29, 1.82) is 5.26 Å². The summed E-state index contributed by atoms with van der Waals surface area (Å²) < 4.78 is 0. The third-order valence-corrected chi connectivity index (χ3v) is 3.10. The minimum atomic E-state index is 0.345. The summed E-state index contributed by atoms with van der Waals surface area (Å²) in [5, 5.41) is 12.4. The summed E-state index contributed by atoms with van der Waals surface area (Å²) in [5.74, 6) is 0.730. The first-order valence-electron chi connectivity index (χ1n) is 5.17. The van der Waals surface area contributed by atoms with Crippen molar-refractivity contribution in [3.8, 4) is 6.07 Å². The van der Waals surface area contributed by atoms with E-state index in [1.165, 1.54) is 0 Å². The molecule has 1 aliphatic carbocycles. The van der Waals surface area contributed by atoms with Gasteiger partial charge in [-0.25, -0.2) is 4.98 Å². The van der Waals surface area contributed by atoms with Gasteiger partial charge < -0.3 is 5.32 Å². The van der Waals surface area contributed by atoms with Gasteiger partial charge in [-0.05, 0) is 30.4 Å². The standard InChI is InChI=1S/C12H15N3/c1-8-4-5-14-11(9(8)7-13)15-10-6-12(10,2)3/h4-5,10H,6H2,1-3H3,(H,14,15). The molecule has 0 bridgehead atoms. The third kappa shape index (κ3) is 1.80. The lowest BCUT2D eigenvalue weighted by atomic mass is 10.1. The highest BCUT2D eigenvalue weighted by molar-refractivity contribution is 5.56. The molecule has 1 heterocycles. The summed E-state index contributed by atoms with van der Waals surface area (Å²) in [7, 11) is 0. The lowest BCUT2D eigenvalue weighted by Crippen LogP contribution is -2.11. The number of rotatable bonds is 2. The maximum Gasteiger partial charge on any atom is 0.144 e.